The Hall–Kier alpha value is -4.22. The van der Waals surface area contributed by atoms with Crippen molar-refractivity contribution in [3.63, 3.8) is 0 Å². The average Bonchev–Trinajstić information content (AvgIpc) is 3.45. The van der Waals surface area contributed by atoms with Gasteiger partial charge in [-0.25, -0.2) is 8.42 Å². The van der Waals surface area contributed by atoms with Crippen LogP contribution in [-0.2, 0) is 21.2 Å². The largest absolute Gasteiger partial charge is 0.454 e. The minimum Gasteiger partial charge on any atom is -0.454 e. The van der Waals surface area contributed by atoms with Crippen LogP contribution in [0.4, 0.5) is 5.69 Å². The molecule has 0 saturated carbocycles. The molecule has 0 saturated heterocycles. The summed E-state index contributed by atoms with van der Waals surface area (Å²) in [6, 6.07) is 28.3. The van der Waals surface area contributed by atoms with Crippen LogP contribution in [0.5, 0.6) is 11.5 Å². The Kier molecular flexibility index (Phi) is 8.36. The van der Waals surface area contributed by atoms with Crippen molar-refractivity contribution >= 4 is 21.6 Å². The molecule has 10 heteroatoms. The highest BCUT2D eigenvalue weighted by Gasteiger charge is 2.29. The van der Waals surface area contributed by atoms with E-state index in [2.05, 4.69) is 10.0 Å². The lowest BCUT2D eigenvalue weighted by Crippen LogP contribution is -2.55. The van der Waals surface area contributed by atoms with Crippen molar-refractivity contribution < 1.29 is 27.8 Å². The molecule has 1 heterocycles. The van der Waals surface area contributed by atoms with Crippen LogP contribution in [0.1, 0.15) is 11.1 Å². The van der Waals surface area contributed by atoms with Gasteiger partial charge in [-0.15, -0.1) is 0 Å². The third kappa shape index (κ3) is 6.58. The number of aliphatic hydroxyl groups excluding tert-OH is 1. The molecule has 4 aromatic rings. The first kappa shape index (κ1) is 28.3. The molecule has 5 rings (SSSR count). The monoisotopic (exact) mass is 573 g/mol. The van der Waals surface area contributed by atoms with Gasteiger partial charge in [0, 0.05) is 18.8 Å². The van der Waals surface area contributed by atoms with Gasteiger partial charge in [-0.3, -0.25) is 10.1 Å². The molecule has 0 bridgehead atoms. The smallest absolute Gasteiger partial charge is 0.244 e. The van der Waals surface area contributed by atoms with E-state index < -0.39 is 22.4 Å². The number of ether oxygens (including phenoxy) is 2. The van der Waals surface area contributed by atoms with E-state index in [1.807, 2.05) is 54.6 Å². The lowest BCUT2D eigenvalue weighted by molar-refractivity contribution is -0.121. The Morgan fingerprint density at radius 1 is 0.902 bits per heavy atom. The second-order valence-electron chi connectivity index (χ2n) is 9.71. The summed E-state index contributed by atoms with van der Waals surface area (Å²) < 4.78 is 39.0. The number of aliphatic hydroxyl groups is 1. The summed E-state index contributed by atoms with van der Waals surface area (Å²) in [5, 5.41) is 13.6. The van der Waals surface area contributed by atoms with Crippen molar-refractivity contribution in [2.75, 3.05) is 18.7 Å². The summed E-state index contributed by atoms with van der Waals surface area (Å²) in [4.78, 5) is 15.2. The third-order valence-electron chi connectivity index (χ3n) is 6.88. The molecule has 4 aromatic carbocycles. The number of nitrogens with zero attached hydrogens (tertiary/aromatic N) is 1. The number of hydrogen-bond acceptors (Lipinski definition) is 7. The summed E-state index contributed by atoms with van der Waals surface area (Å²) in [6.45, 7) is 1.77. The van der Waals surface area contributed by atoms with Gasteiger partial charge < -0.3 is 19.5 Å². The summed E-state index contributed by atoms with van der Waals surface area (Å²) in [6.07, 6.45) is -1.55. The summed E-state index contributed by atoms with van der Waals surface area (Å²) in [5.41, 5.74) is 3.99. The quantitative estimate of drug-likeness (QED) is 0.247. The molecule has 0 fully saturated rings. The van der Waals surface area contributed by atoms with Gasteiger partial charge in [0.05, 0.1) is 10.9 Å². The van der Waals surface area contributed by atoms with Crippen molar-refractivity contribution in [2.45, 2.75) is 30.6 Å². The number of carbonyl (C=O) groups excluding carboxylic acids is 1. The molecule has 1 aliphatic rings. The molecule has 1 aliphatic heterocycles. The predicted molar refractivity (Wildman–Crippen MR) is 156 cm³/mol. The van der Waals surface area contributed by atoms with Crippen LogP contribution < -0.4 is 24.4 Å². The second-order valence-corrected chi connectivity index (χ2v) is 11.4. The van der Waals surface area contributed by atoms with Gasteiger partial charge >= 0.3 is 0 Å². The normalized spacial score (nSPS) is 13.9. The highest BCUT2D eigenvalue weighted by Crippen LogP contribution is 2.35. The van der Waals surface area contributed by atoms with E-state index >= 15 is 0 Å². The maximum Gasteiger partial charge on any atom is 0.244 e. The van der Waals surface area contributed by atoms with Gasteiger partial charge in [0.2, 0.25) is 22.7 Å². The number of rotatable bonds is 10. The van der Waals surface area contributed by atoms with Crippen molar-refractivity contribution in [3.05, 3.63) is 108 Å². The molecule has 2 atom stereocenters. The van der Waals surface area contributed by atoms with E-state index in [-0.39, 0.29) is 24.0 Å². The van der Waals surface area contributed by atoms with Gasteiger partial charge in [0.15, 0.2) is 17.9 Å². The van der Waals surface area contributed by atoms with Crippen LogP contribution in [0.25, 0.3) is 11.1 Å². The molecular weight excluding hydrogens is 542 g/mol. The molecule has 0 aliphatic carbocycles. The van der Waals surface area contributed by atoms with Gasteiger partial charge in [-0.05, 0) is 53.8 Å². The molecular formula is C31H31N3O6S. The van der Waals surface area contributed by atoms with Gasteiger partial charge in [-0.2, -0.15) is 4.72 Å². The first-order valence-corrected chi connectivity index (χ1v) is 14.5. The summed E-state index contributed by atoms with van der Waals surface area (Å²) in [5.74, 6) is 0.725. The van der Waals surface area contributed by atoms with E-state index in [4.69, 9.17) is 9.47 Å². The van der Waals surface area contributed by atoms with Crippen LogP contribution in [0.15, 0.2) is 102 Å². The van der Waals surface area contributed by atoms with Crippen LogP contribution in [0.3, 0.4) is 0 Å². The number of likely N-dealkylation sites (N-methyl/N-ethyl adjacent to an activating group) is 1. The van der Waals surface area contributed by atoms with Crippen molar-refractivity contribution in [2.24, 2.45) is 0 Å². The Morgan fingerprint density at radius 3 is 2.29 bits per heavy atom. The van der Waals surface area contributed by atoms with E-state index in [1.165, 1.54) is 11.0 Å². The Labute approximate surface area is 239 Å². The average molecular weight is 574 g/mol. The Bertz CT molecular complexity index is 1630. The summed E-state index contributed by atoms with van der Waals surface area (Å²) >= 11 is 0. The van der Waals surface area contributed by atoms with Crippen molar-refractivity contribution in [1.29, 1.82) is 0 Å². The lowest BCUT2D eigenvalue weighted by Gasteiger charge is -2.27. The summed E-state index contributed by atoms with van der Waals surface area (Å²) in [7, 11) is -2.46. The van der Waals surface area contributed by atoms with E-state index in [0.29, 0.717) is 22.7 Å². The third-order valence-corrected chi connectivity index (χ3v) is 8.45. The maximum absolute atomic E-state index is 13.8. The number of benzene rings is 4. The maximum atomic E-state index is 13.8. The Balaban J connectivity index is 1.38. The lowest BCUT2D eigenvalue weighted by atomic mass is 10.00. The van der Waals surface area contributed by atoms with Crippen LogP contribution in [-0.4, -0.2) is 45.7 Å². The minimum absolute atomic E-state index is 0.0395. The van der Waals surface area contributed by atoms with E-state index in [0.717, 1.165) is 16.7 Å². The highest BCUT2D eigenvalue weighted by atomic mass is 32.2. The molecule has 1 unspecified atom stereocenters. The standard InChI is InChI=1S/C31H31N3O6S/c1-21-8-6-7-11-29(21)41(37,38)33-31(36)32-26(18-22-12-14-24(15-13-22)23-9-4-3-5-10-23)30(35)34(2)25-16-17-27-28(19-25)40-20-39-27/h3-17,19,26,31-33,36H,18,20H2,1-2H3/t26-,31?/m0/s1. The van der Waals surface area contributed by atoms with Crippen molar-refractivity contribution in [1.82, 2.24) is 10.0 Å². The number of fused-ring (bicyclic) bond motifs is 1. The first-order chi connectivity index (χ1) is 19.7. The number of anilines is 1. The molecule has 41 heavy (non-hydrogen) atoms. The molecule has 0 aromatic heterocycles. The molecule has 9 nitrogen and oxygen atoms in total. The fourth-order valence-corrected chi connectivity index (χ4v) is 5.90. The van der Waals surface area contributed by atoms with E-state index in [1.54, 1.807) is 50.4 Å². The zero-order chi connectivity index (χ0) is 29.0. The van der Waals surface area contributed by atoms with Crippen LogP contribution in [0.2, 0.25) is 0 Å². The zero-order valence-electron chi connectivity index (χ0n) is 22.7. The minimum atomic E-state index is -4.07. The predicted octanol–water partition coefficient (Wildman–Crippen LogP) is 3.81. The molecule has 3 N–H and O–H groups in total. The fourth-order valence-electron chi connectivity index (χ4n) is 4.66. The molecule has 0 radical (unpaired) electrons. The number of amides is 1. The number of hydrogen-bond donors (Lipinski definition) is 3. The SMILES string of the molecule is Cc1ccccc1S(=O)(=O)NC(O)N[C@@H](Cc1ccc(-c2ccccc2)cc1)C(=O)N(C)c1ccc2c(c1)OCO2. The number of nitrogens with one attached hydrogen (secondary N) is 2. The zero-order valence-corrected chi connectivity index (χ0v) is 23.5. The highest BCUT2D eigenvalue weighted by molar-refractivity contribution is 7.89. The van der Waals surface area contributed by atoms with Gasteiger partial charge in [0.25, 0.3) is 0 Å². The van der Waals surface area contributed by atoms with Gasteiger partial charge in [-0.1, -0.05) is 72.8 Å². The Morgan fingerprint density at radius 2 is 1.56 bits per heavy atom. The van der Waals surface area contributed by atoms with Crippen molar-refractivity contribution in [3.8, 4) is 22.6 Å². The van der Waals surface area contributed by atoms with Crippen LogP contribution >= 0.6 is 0 Å². The number of aryl methyl sites for hydroxylation is 1. The second kappa shape index (κ2) is 12.1. The van der Waals surface area contributed by atoms with E-state index in [9.17, 15) is 18.3 Å². The van der Waals surface area contributed by atoms with Gasteiger partial charge in [0.1, 0.15) is 0 Å². The molecule has 1 amide bonds. The molecule has 0 spiro atoms. The fraction of sp³-hybridized carbons (Fsp3) is 0.194. The molecule has 212 valence electrons. The first-order valence-electron chi connectivity index (χ1n) is 13.0. The number of carbonyl (C=O) groups is 1. The topological polar surface area (TPSA) is 117 Å². The van der Waals surface area contributed by atoms with Crippen LogP contribution in [0, 0.1) is 6.92 Å². The number of sulfonamides is 1.